The lowest BCUT2D eigenvalue weighted by molar-refractivity contribution is 0.582. The lowest BCUT2D eigenvalue weighted by atomic mass is 10.0. The predicted molar refractivity (Wildman–Crippen MR) is 79.4 cm³/mol. The molecule has 1 rings (SSSR count). The minimum absolute atomic E-state index is 0.439. The molecule has 0 bridgehead atoms. The highest BCUT2D eigenvalue weighted by molar-refractivity contribution is 9.10. The van der Waals surface area contributed by atoms with Crippen LogP contribution in [0.3, 0.4) is 0 Å². The van der Waals surface area contributed by atoms with Crippen LogP contribution >= 0.6 is 15.9 Å². The van der Waals surface area contributed by atoms with Gasteiger partial charge in [-0.15, -0.1) is 0 Å². The molecule has 0 heterocycles. The molecule has 1 aromatic rings. The minimum atomic E-state index is 0.439. The standard InChI is InChI=1S/C15H22BrN/c1-4-8-17-15(9-12(2)3)11-13-6-5-7-14(16)10-13/h5-7,9-10,15,17H,4,8,11H2,1-3H3. The second kappa shape index (κ2) is 7.67. The van der Waals surface area contributed by atoms with E-state index in [1.54, 1.807) is 0 Å². The van der Waals surface area contributed by atoms with Crippen molar-refractivity contribution in [1.29, 1.82) is 0 Å². The van der Waals surface area contributed by atoms with Crippen LogP contribution in [0.15, 0.2) is 40.4 Å². The molecule has 0 aliphatic rings. The van der Waals surface area contributed by atoms with Gasteiger partial charge in [-0.2, -0.15) is 0 Å². The molecule has 0 aromatic heterocycles. The quantitative estimate of drug-likeness (QED) is 0.771. The Balaban J connectivity index is 2.68. The van der Waals surface area contributed by atoms with Crippen molar-refractivity contribution >= 4 is 15.9 Å². The maximum absolute atomic E-state index is 3.58. The fraction of sp³-hybridized carbons (Fsp3) is 0.467. The van der Waals surface area contributed by atoms with Gasteiger partial charge in [-0.1, -0.05) is 46.6 Å². The first-order valence-electron chi connectivity index (χ1n) is 6.24. The number of hydrogen-bond acceptors (Lipinski definition) is 1. The average molecular weight is 296 g/mol. The van der Waals surface area contributed by atoms with Gasteiger partial charge in [0.25, 0.3) is 0 Å². The maximum atomic E-state index is 3.58. The molecule has 0 amide bonds. The molecule has 1 nitrogen and oxygen atoms in total. The van der Waals surface area contributed by atoms with Crippen molar-refractivity contribution in [2.24, 2.45) is 0 Å². The number of nitrogens with one attached hydrogen (secondary N) is 1. The summed E-state index contributed by atoms with van der Waals surface area (Å²) < 4.78 is 1.15. The van der Waals surface area contributed by atoms with E-state index in [0.717, 1.165) is 17.4 Å². The molecule has 0 radical (unpaired) electrons. The molecule has 94 valence electrons. The van der Waals surface area contributed by atoms with E-state index in [2.05, 4.69) is 72.4 Å². The largest absolute Gasteiger partial charge is 0.310 e. The zero-order valence-electron chi connectivity index (χ0n) is 11.0. The Hall–Kier alpha value is -0.600. The fourth-order valence-electron chi connectivity index (χ4n) is 1.84. The van der Waals surface area contributed by atoms with Crippen molar-refractivity contribution < 1.29 is 0 Å². The molecule has 1 atom stereocenters. The summed E-state index contributed by atoms with van der Waals surface area (Å²) in [6.45, 7) is 7.58. The Morgan fingerprint density at radius 2 is 2.18 bits per heavy atom. The van der Waals surface area contributed by atoms with E-state index in [1.807, 2.05) is 0 Å². The summed E-state index contributed by atoms with van der Waals surface area (Å²) in [6, 6.07) is 8.98. The third-order valence-corrected chi connectivity index (χ3v) is 3.03. The third kappa shape index (κ3) is 6.04. The second-order valence-electron chi connectivity index (χ2n) is 4.64. The molecule has 0 saturated heterocycles. The van der Waals surface area contributed by atoms with Crippen LogP contribution < -0.4 is 5.32 Å². The third-order valence-electron chi connectivity index (χ3n) is 2.54. The number of halogens is 1. The Kier molecular flexibility index (Phi) is 6.53. The van der Waals surface area contributed by atoms with Crippen molar-refractivity contribution in [3.63, 3.8) is 0 Å². The first-order chi connectivity index (χ1) is 8.11. The first kappa shape index (κ1) is 14.5. The van der Waals surface area contributed by atoms with Crippen LogP contribution in [0.4, 0.5) is 0 Å². The summed E-state index contributed by atoms with van der Waals surface area (Å²) >= 11 is 3.52. The summed E-state index contributed by atoms with van der Waals surface area (Å²) in [5.74, 6) is 0. The van der Waals surface area contributed by atoms with Crippen LogP contribution in [-0.2, 0) is 6.42 Å². The highest BCUT2D eigenvalue weighted by atomic mass is 79.9. The van der Waals surface area contributed by atoms with E-state index in [9.17, 15) is 0 Å². The highest BCUT2D eigenvalue weighted by Crippen LogP contribution is 2.14. The summed E-state index contributed by atoms with van der Waals surface area (Å²) in [5, 5.41) is 3.58. The van der Waals surface area contributed by atoms with Crippen LogP contribution in [0.5, 0.6) is 0 Å². The summed E-state index contributed by atoms with van der Waals surface area (Å²) in [5.41, 5.74) is 2.74. The lowest BCUT2D eigenvalue weighted by Crippen LogP contribution is -2.30. The van der Waals surface area contributed by atoms with Gasteiger partial charge >= 0.3 is 0 Å². The van der Waals surface area contributed by atoms with Gasteiger partial charge in [0.15, 0.2) is 0 Å². The van der Waals surface area contributed by atoms with Gasteiger partial charge in [0.2, 0.25) is 0 Å². The lowest BCUT2D eigenvalue weighted by Gasteiger charge is -2.15. The van der Waals surface area contributed by atoms with Gasteiger partial charge in [0, 0.05) is 10.5 Å². The normalized spacial score (nSPS) is 12.2. The fourth-order valence-corrected chi connectivity index (χ4v) is 2.29. The molecule has 0 fully saturated rings. The smallest absolute Gasteiger partial charge is 0.0292 e. The number of hydrogen-bond donors (Lipinski definition) is 1. The van der Waals surface area contributed by atoms with Gasteiger partial charge in [-0.05, 0) is 50.9 Å². The van der Waals surface area contributed by atoms with Crippen molar-refractivity contribution in [2.45, 2.75) is 39.7 Å². The Labute approximate surface area is 113 Å². The molecule has 2 heteroatoms. The van der Waals surface area contributed by atoms with Gasteiger partial charge in [-0.3, -0.25) is 0 Å². The van der Waals surface area contributed by atoms with Crippen LogP contribution in [-0.4, -0.2) is 12.6 Å². The molecule has 0 saturated carbocycles. The van der Waals surface area contributed by atoms with Crippen LogP contribution in [0, 0.1) is 0 Å². The van der Waals surface area contributed by atoms with E-state index in [1.165, 1.54) is 17.6 Å². The Morgan fingerprint density at radius 1 is 1.41 bits per heavy atom. The topological polar surface area (TPSA) is 12.0 Å². The van der Waals surface area contributed by atoms with Crippen LogP contribution in [0.25, 0.3) is 0 Å². The monoisotopic (exact) mass is 295 g/mol. The highest BCUT2D eigenvalue weighted by Gasteiger charge is 2.05. The Bertz CT molecular complexity index is 367. The summed E-state index contributed by atoms with van der Waals surface area (Å²) in [4.78, 5) is 0. The second-order valence-corrected chi connectivity index (χ2v) is 5.55. The molecule has 1 unspecified atom stereocenters. The Morgan fingerprint density at radius 3 is 2.76 bits per heavy atom. The van der Waals surface area contributed by atoms with E-state index in [4.69, 9.17) is 0 Å². The molecule has 1 aromatic carbocycles. The maximum Gasteiger partial charge on any atom is 0.0292 e. The van der Waals surface area contributed by atoms with Crippen molar-refractivity contribution in [3.8, 4) is 0 Å². The van der Waals surface area contributed by atoms with Gasteiger partial charge < -0.3 is 5.32 Å². The van der Waals surface area contributed by atoms with Gasteiger partial charge in [0.05, 0.1) is 0 Å². The van der Waals surface area contributed by atoms with E-state index < -0.39 is 0 Å². The molecular formula is C15H22BrN. The zero-order chi connectivity index (χ0) is 12.7. The minimum Gasteiger partial charge on any atom is -0.310 e. The number of benzene rings is 1. The summed E-state index contributed by atoms with van der Waals surface area (Å²) in [6.07, 6.45) is 4.53. The predicted octanol–water partition coefficient (Wildman–Crippen LogP) is 4.33. The SMILES string of the molecule is CCCNC(C=C(C)C)Cc1cccc(Br)c1. The summed E-state index contributed by atoms with van der Waals surface area (Å²) in [7, 11) is 0. The van der Waals surface area contributed by atoms with Gasteiger partial charge in [-0.25, -0.2) is 0 Å². The molecule has 17 heavy (non-hydrogen) atoms. The number of rotatable bonds is 6. The van der Waals surface area contributed by atoms with E-state index in [-0.39, 0.29) is 0 Å². The zero-order valence-corrected chi connectivity index (χ0v) is 12.5. The van der Waals surface area contributed by atoms with Crippen molar-refractivity contribution in [2.75, 3.05) is 6.54 Å². The average Bonchev–Trinajstić information content (AvgIpc) is 2.25. The molecule has 0 spiro atoms. The molecule has 1 N–H and O–H groups in total. The molecular weight excluding hydrogens is 274 g/mol. The molecule has 0 aliphatic heterocycles. The van der Waals surface area contributed by atoms with Gasteiger partial charge in [0.1, 0.15) is 0 Å². The van der Waals surface area contributed by atoms with E-state index in [0.29, 0.717) is 6.04 Å². The number of allylic oxidation sites excluding steroid dienone is 1. The van der Waals surface area contributed by atoms with Crippen LogP contribution in [0.1, 0.15) is 32.8 Å². The van der Waals surface area contributed by atoms with Crippen molar-refractivity contribution in [3.05, 3.63) is 46.0 Å². The van der Waals surface area contributed by atoms with E-state index >= 15 is 0 Å². The van der Waals surface area contributed by atoms with Crippen LogP contribution in [0.2, 0.25) is 0 Å². The van der Waals surface area contributed by atoms with Crippen molar-refractivity contribution in [1.82, 2.24) is 5.32 Å². The first-order valence-corrected chi connectivity index (χ1v) is 7.04. The molecule has 0 aliphatic carbocycles.